The molecule has 0 aliphatic rings. The lowest BCUT2D eigenvalue weighted by atomic mass is 10.0. The second-order valence-electron chi connectivity index (χ2n) is 5.04. The summed E-state index contributed by atoms with van der Waals surface area (Å²) in [4.78, 5) is 0. The maximum Gasteiger partial charge on any atom is 0.199 e. The van der Waals surface area contributed by atoms with Gasteiger partial charge in [0.05, 0.1) is 7.11 Å². The van der Waals surface area contributed by atoms with Crippen LogP contribution in [0.1, 0.15) is 17.5 Å². The number of para-hydroxylation sites is 1. The van der Waals surface area contributed by atoms with Crippen LogP contribution < -0.4 is 9.47 Å². The molecular formula is C18H22O4. The smallest absolute Gasteiger partial charge is 0.199 e. The van der Waals surface area contributed by atoms with Gasteiger partial charge in [0.15, 0.2) is 6.29 Å². The molecule has 2 aromatic carbocycles. The molecule has 0 amide bonds. The number of benzene rings is 2. The van der Waals surface area contributed by atoms with Crippen molar-refractivity contribution in [1.82, 2.24) is 0 Å². The van der Waals surface area contributed by atoms with Crippen LogP contribution in [0.15, 0.2) is 48.5 Å². The van der Waals surface area contributed by atoms with Crippen LogP contribution in [0.2, 0.25) is 0 Å². The van der Waals surface area contributed by atoms with Gasteiger partial charge >= 0.3 is 0 Å². The standard InChI is InChI=1S/C18H22O4/c1-21-16-7-4-5-14(13-16)9-10-15-6-2-3-8-17(15)22-18(20)11-12-19/h2-8,13,18-20H,9-12H2,1H3/t18-/m0/s1. The quantitative estimate of drug-likeness (QED) is 0.736. The average molecular weight is 302 g/mol. The Balaban J connectivity index is 2.02. The van der Waals surface area contributed by atoms with E-state index in [4.69, 9.17) is 14.6 Å². The number of hydrogen-bond donors (Lipinski definition) is 2. The van der Waals surface area contributed by atoms with Gasteiger partial charge in [-0.2, -0.15) is 0 Å². The van der Waals surface area contributed by atoms with Crippen LogP contribution in [-0.4, -0.2) is 30.2 Å². The number of aryl methyl sites for hydroxylation is 2. The molecule has 4 heteroatoms. The van der Waals surface area contributed by atoms with Gasteiger partial charge in [0.1, 0.15) is 11.5 Å². The summed E-state index contributed by atoms with van der Waals surface area (Å²) in [7, 11) is 1.66. The van der Waals surface area contributed by atoms with E-state index in [-0.39, 0.29) is 13.0 Å². The normalized spacial score (nSPS) is 12.0. The van der Waals surface area contributed by atoms with Crippen molar-refractivity contribution in [2.24, 2.45) is 0 Å². The fraction of sp³-hybridized carbons (Fsp3) is 0.333. The van der Waals surface area contributed by atoms with Gasteiger partial charge in [-0.15, -0.1) is 0 Å². The van der Waals surface area contributed by atoms with Crippen LogP contribution in [0.5, 0.6) is 11.5 Å². The van der Waals surface area contributed by atoms with Crippen molar-refractivity contribution in [3.05, 3.63) is 59.7 Å². The van der Waals surface area contributed by atoms with Gasteiger partial charge in [-0.25, -0.2) is 0 Å². The van der Waals surface area contributed by atoms with E-state index in [1.165, 1.54) is 5.56 Å². The molecule has 0 fully saturated rings. The molecule has 2 aromatic rings. The Morgan fingerprint density at radius 2 is 1.86 bits per heavy atom. The number of methoxy groups -OCH3 is 1. The van der Waals surface area contributed by atoms with Crippen LogP contribution in [-0.2, 0) is 12.8 Å². The van der Waals surface area contributed by atoms with E-state index in [1.54, 1.807) is 7.11 Å². The molecule has 0 saturated heterocycles. The largest absolute Gasteiger partial charge is 0.497 e. The second kappa shape index (κ2) is 8.41. The zero-order chi connectivity index (χ0) is 15.8. The summed E-state index contributed by atoms with van der Waals surface area (Å²) in [6.45, 7) is -0.104. The molecule has 0 spiro atoms. The average Bonchev–Trinajstić information content (AvgIpc) is 2.54. The minimum Gasteiger partial charge on any atom is -0.497 e. The first-order chi connectivity index (χ1) is 10.7. The third kappa shape index (κ3) is 4.76. The van der Waals surface area contributed by atoms with Crippen molar-refractivity contribution < 1.29 is 19.7 Å². The molecule has 0 unspecified atom stereocenters. The van der Waals surface area contributed by atoms with Gasteiger partial charge in [-0.05, 0) is 42.2 Å². The fourth-order valence-corrected chi connectivity index (χ4v) is 2.25. The van der Waals surface area contributed by atoms with Crippen LogP contribution in [0.4, 0.5) is 0 Å². The molecule has 0 bridgehead atoms. The van der Waals surface area contributed by atoms with E-state index in [0.717, 1.165) is 24.2 Å². The number of ether oxygens (including phenoxy) is 2. The summed E-state index contributed by atoms with van der Waals surface area (Å²) in [5, 5.41) is 18.5. The van der Waals surface area contributed by atoms with E-state index >= 15 is 0 Å². The van der Waals surface area contributed by atoms with Crippen molar-refractivity contribution in [3.8, 4) is 11.5 Å². The van der Waals surface area contributed by atoms with Gasteiger partial charge in [-0.1, -0.05) is 30.3 Å². The van der Waals surface area contributed by atoms with Gasteiger partial charge in [0.2, 0.25) is 0 Å². The van der Waals surface area contributed by atoms with E-state index < -0.39 is 6.29 Å². The molecule has 4 nitrogen and oxygen atoms in total. The summed E-state index contributed by atoms with van der Waals surface area (Å²) in [5.74, 6) is 1.51. The Bertz CT molecular complexity index is 583. The van der Waals surface area contributed by atoms with E-state index in [0.29, 0.717) is 5.75 Å². The number of rotatable bonds is 8. The molecule has 0 aromatic heterocycles. The maximum absolute atomic E-state index is 9.68. The lowest BCUT2D eigenvalue weighted by Crippen LogP contribution is -2.17. The topological polar surface area (TPSA) is 58.9 Å². The van der Waals surface area contributed by atoms with Gasteiger partial charge in [-0.3, -0.25) is 0 Å². The molecule has 0 aliphatic carbocycles. The first kappa shape index (κ1) is 16.3. The highest BCUT2D eigenvalue weighted by Gasteiger charge is 2.09. The SMILES string of the molecule is COc1cccc(CCc2ccccc2O[C@H](O)CCO)c1. The predicted molar refractivity (Wildman–Crippen MR) is 85.2 cm³/mol. The summed E-state index contributed by atoms with van der Waals surface area (Å²) >= 11 is 0. The summed E-state index contributed by atoms with van der Waals surface area (Å²) in [5.41, 5.74) is 2.22. The number of hydrogen-bond acceptors (Lipinski definition) is 4. The number of aliphatic hydroxyl groups is 2. The van der Waals surface area contributed by atoms with Crippen molar-refractivity contribution in [3.63, 3.8) is 0 Å². The minimum atomic E-state index is -0.983. The van der Waals surface area contributed by atoms with E-state index in [9.17, 15) is 5.11 Å². The molecule has 0 radical (unpaired) electrons. The Kier molecular flexibility index (Phi) is 6.25. The highest BCUT2D eigenvalue weighted by Crippen LogP contribution is 2.22. The van der Waals surface area contributed by atoms with Crippen molar-refractivity contribution in [2.75, 3.05) is 13.7 Å². The highest BCUT2D eigenvalue weighted by atomic mass is 16.6. The monoisotopic (exact) mass is 302 g/mol. The molecule has 0 heterocycles. The number of aliphatic hydroxyl groups excluding tert-OH is 2. The molecule has 1 atom stereocenters. The molecule has 118 valence electrons. The summed E-state index contributed by atoms with van der Waals surface area (Å²) < 4.78 is 10.7. The van der Waals surface area contributed by atoms with Crippen molar-refractivity contribution in [2.45, 2.75) is 25.6 Å². The van der Waals surface area contributed by atoms with Gasteiger partial charge < -0.3 is 19.7 Å². The van der Waals surface area contributed by atoms with Gasteiger partial charge in [0.25, 0.3) is 0 Å². The molecule has 0 aliphatic heterocycles. The third-order valence-electron chi connectivity index (χ3n) is 3.43. The Morgan fingerprint density at radius 3 is 2.64 bits per heavy atom. The zero-order valence-electron chi connectivity index (χ0n) is 12.7. The second-order valence-corrected chi connectivity index (χ2v) is 5.04. The lowest BCUT2D eigenvalue weighted by molar-refractivity contribution is -0.0332. The first-order valence-electron chi connectivity index (χ1n) is 7.39. The molecule has 2 rings (SSSR count). The van der Waals surface area contributed by atoms with Gasteiger partial charge in [0, 0.05) is 13.0 Å². The van der Waals surface area contributed by atoms with Crippen molar-refractivity contribution in [1.29, 1.82) is 0 Å². The maximum atomic E-state index is 9.68. The van der Waals surface area contributed by atoms with E-state index in [2.05, 4.69) is 6.07 Å². The predicted octanol–water partition coefficient (Wildman–Crippen LogP) is 2.56. The Labute approximate surface area is 130 Å². The summed E-state index contributed by atoms with van der Waals surface area (Å²) in [6, 6.07) is 15.6. The third-order valence-corrected chi connectivity index (χ3v) is 3.43. The fourth-order valence-electron chi connectivity index (χ4n) is 2.25. The Hall–Kier alpha value is -2.04. The van der Waals surface area contributed by atoms with Crippen LogP contribution in [0, 0.1) is 0 Å². The molecule has 22 heavy (non-hydrogen) atoms. The first-order valence-corrected chi connectivity index (χ1v) is 7.39. The molecule has 2 N–H and O–H groups in total. The highest BCUT2D eigenvalue weighted by molar-refractivity contribution is 5.35. The Morgan fingerprint density at radius 1 is 1.05 bits per heavy atom. The van der Waals surface area contributed by atoms with Crippen LogP contribution in [0.25, 0.3) is 0 Å². The minimum absolute atomic E-state index is 0.104. The lowest BCUT2D eigenvalue weighted by Gasteiger charge is -2.15. The summed E-state index contributed by atoms with van der Waals surface area (Å²) in [6.07, 6.45) is 0.871. The van der Waals surface area contributed by atoms with Crippen molar-refractivity contribution >= 4 is 0 Å². The zero-order valence-corrected chi connectivity index (χ0v) is 12.7. The van der Waals surface area contributed by atoms with Crippen LogP contribution in [0.3, 0.4) is 0 Å². The molecule has 0 saturated carbocycles. The molecular weight excluding hydrogens is 280 g/mol. The van der Waals surface area contributed by atoms with E-state index in [1.807, 2.05) is 42.5 Å². The van der Waals surface area contributed by atoms with Crippen LogP contribution >= 0.6 is 0 Å².